The number of nitrogens with zero attached hydrogens (tertiary/aromatic N) is 3. The third-order valence-electron chi connectivity index (χ3n) is 4.56. The molecule has 2 amide bonds. The Bertz CT molecular complexity index is 727. The summed E-state index contributed by atoms with van der Waals surface area (Å²) in [6.45, 7) is 3.27. The zero-order chi connectivity index (χ0) is 17.8. The highest BCUT2D eigenvalue weighted by molar-refractivity contribution is 5.89. The molecule has 1 aromatic heterocycles. The lowest BCUT2D eigenvalue weighted by Crippen LogP contribution is -2.33. The van der Waals surface area contributed by atoms with Crippen LogP contribution in [-0.4, -0.2) is 40.5 Å². The zero-order valence-electron chi connectivity index (χ0n) is 14.5. The van der Waals surface area contributed by atoms with Crippen molar-refractivity contribution in [1.29, 1.82) is 0 Å². The molecule has 0 bridgehead atoms. The van der Waals surface area contributed by atoms with Gasteiger partial charge in [0.1, 0.15) is 5.82 Å². The summed E-state index contributed by atoms with van der Waals surface area (Å²) in [4.78, 5) is 13.9. The van der Waals surface area contributed by atoms with Gasteiger partial charge in [-0.1, -0.05) is 18.2 Å². The van der Waals surface area contributed by atoms with Crippen LogP contribution >= 0.6 is 0 Å². The molecule has 134 valence electrons. The van der Waals surface area contributed by atoms with Gasteiger partial charge >= 0.3 is 6.03 Å². The minimum absolute atomic E-state index is 0.187. The molecule has 1 aliphatic rings. The van der Waals surface area contributed by atoms with Crippen molar-refractivity contribution in [2.75, 3.05) is 19.0 Å². The molecular weight excluding hydrogens is 323 g/mol. The molecule has 1 aromatic carbocycles. The molecule has 0 radical (unpaired) electrons. The van der Waals surface area contributed by atoms with E-state index in [-0.39, 0.29) is 24.0 Å². The van der Waals surface area contributed by atoms with Crippen molar-refractivity contribution in [2.24, 2.45) is 0 Å². The summed E-state index contributed by atoms with van der Waals surface area (Å²) in [5.74, 6) is -0.320. The number of nitrogens with one attached hydrogen (secondary N) is 1. The lowest BCUT2D eigenvalue weighted by atomic mass is 10.1. The number of hydrogen-bond donors (Lipinski definition) is 1. The number of urea groups is 1. The highest BCUT2D eigenvalue weighted by Gasteiger charge is 2.21. The monoisotopic (exact) mass is 346 g/mol. The van der Waals surface area contributed by atoms with Gasteiger partial charge in [0.05, 0.1) is 30.6 Å². The molecule has 2 heterocycles. The van der Waals surface area contributed by atoms with Gasteiger partial charge in [-0.05, 0) is 25.8 Å². The summed E-state index contributed by atoms with van der Waals surface area (Å²) < 4.78 is 21.3. The van der Waals surface area contributed by atoms with E-state index in [1.165, 1.54) is 11.0 Å². The summed E-state index contributed by atoms with van der Waals surface area (Å²) in [5.41, 5.74) is 1.09. The highest BCUT2D eigenvalue weighted by atomic mass is 19.1. The smallest absolute Gasteiger partial charge is 0.322 e. The molecule has 1 aliphatic heterocycles. The number of anilines is 1. The Hall–Kier alpha value is -2.41. The SMILES string of the molecule is C[C@H](c1ccccc1F)N(C)C(=O)Nc1cnn(C[C@@H]2CCCO2)c1. The maximum absolute atomic E-state index is 13.9. The van der Waals surface area contributed by atoms with Gasteiger partial charge < -0.3 is 15.0 Å². The standard InChI is InChI=1S/C18H23FN4O2/c1-13(16-7-3-4-8-17(16)19)22(2)18(24)21-14-10-20-23(11-14)12-15-6-5-9-25-15/h3-4,7-8,10-11,13,15H,5-6,9,12H2,1-2H3,(H,21,24)/t13-,15+/m1/s1. The molecule has 2 aromatic rings. The number of rotatable bonds is 5. The number of halogens is 1. The van der Waals surface area contributed by atoms with Gasteiger partial charge in [-0.3, -0.25) is 4.68 Å². The van der Waals surface area contributed by atoms with Crippen LogP contribution in [0.1, 0.15) is 31.4 Å². The molecule has 0 unspecified atom stereocenters. The van der Waals surface area contributed by atoms with Gasteiger partial charge in [-0.25, -0.2) is 9.18 Å². The van der Waals surface area contributed by atoms with Crippen molar-refractivity contribution < 1.29 is 13.9 Å². The Morgan fingerprint density at radius 2 is 2.32 bits per heavy atom. The number of benzene rings is 1. The molecule has 7 heteroatoms. The van der Waals surface area contributed by atoms with E-state index >= 15 is 0 Å². The molecule has 6 nitrogen and oxygen atoms in total. The lowest BCUT2D eigenvalue weighted by Gasteiger charge is -2.25. The number of amides is 2. The van der Waals surface area contributed by atoms with Crippen molar-refractivity contribution in [3.63, 3.8) is 0 Å². The lowest BCUT2D eigenvalue weighted by molar-refractivity contribution is 0.0940. The Balaban J connectivity index is 1.59. The fourth-order valence-electron chi connectivity index (χ4n) is 2.94. The van der Waals surface area contributed by atoms with Gasteiger partial charge in [0.15, 0.2) is 0 Å². The normalized spacial score (nSPS) is 18.1. The van der Waals surface area contributed by atoms with E-state index in [2.05, 4.69) is 10.4 Å². The topological polar surface area (TPSA) is 59.4 Å². The predicted octanol–water partition coefficient (Wildman–Crippen LogP) is 3.43. The van der Waals surface area contributed by atoms with Crippen LogP contribution in [0.4, 0.5) is 14.9 Å². The molecule has 1 saturated heterocycles. The second-order valence-electron chi connectivity index (χ2n) is 6.32. The van der Waals surface area contributed by atoms with E-state index in [0.717, 1.165) is 19.4 Å². The summed E-state index contributed by atoms with van der Waals surface area (Å²) in [7, 11) is 1.64. The highest BCUT2D eigenvalue weighted by Crippen LogP contribution is 2.22. The van der Waals surface area contributed by atoms with Crippen molar-refractivity contribution in [3.8, 4) is 0 Å². The Kier molecular flexibility index (Phi) is 5.33. The Morgan fingerprint density at radius 3 is 3.04 bits per heavy atom. The largest absolute Gasteiger partial charge is 0.376 e. The predicted molar refractivity (Wildman–Crippen MR) is 92.8 cm³/mol. The molecule has 2 atom stereocenters. The number of hydrogen-bond acceptors (Lipinski definition) is 3. The molecule has 25 heavy (non-hydrogen) atoms. The molecule has 0 saturated carbocycles. The first kappa shape index (κ1) is 17.4. The number of aromatic nitrogens is 2. The molecule has 1 fully saturated rings. The minimum Gasteiger partial charge on any atom is -0.376 e. The van der Waals surface area contributed by atoms with Crippen molar-refractivity contribution in [2.45, 2.75) is 38.5 Å². The summed E-state index contributed by atoms with van der Waals surface area (Å²) >= 11 is 0. The van der Waals surface area contributed by atoms with Gasteiger partial charge in [0, 0.05) is 25.4 Å². The second kappa shape index (κ2) is 7.65. The second-order valence-corrected chi connectivity index (χ2v) is 6.32. The van der Waals surface area contributed by atoms with Gasteiger partial charge in [0.25, 0.3) is 0 Å². The van der Waals surface area contributed by atoms with E-state index in [1.54, 1.807) is 49.2 Å². The first-order valence-electron chi connectivity index (χ1n) is 8.47. The minimum atomic E-state index is -0.386. The van der Waals surface area contributed by atoms with E-state index < -0.39 is 0 Å². The quantitative estimate of drug-likeness (QED) is 0.902. The maximum Gasteiger partial charge on any atom is 0.322 e. The molecule has 1 N–H and O–H groups in total. The summed E-state index contributed by atoms with van der Waals surface area (Å²) in [6, 6.07) is 5.77. The molecule has 3 rings (SSSR count). The van der Waals surface area contributed by atoms with Crippen LogP contribution in [0.2, 0.25) is 0 Å². The molecule has 0 spiro atoms. The first-order valence-corrected chi connectivity index (χ1v) is 8.47. The van der Waals surface area contributed by atoms with Crippen LogP contribution in [0.15, 0.2) is 36.7 Å². The van der Waals surface area contributed by atoms with Crippen LogP contribution < -0.4 is 5.32 Å². The Labute approximate surface area is 146 Å². The van der Waals surface area contributed by atoms with Crippen molar-refractivity contribution in [1.82, 2.24) is 14.7 Å². The average Bonchev–Trinajstić information content (AvgIpc) is 3.26. The fourth-order valence-corrected chi connectivity index (χ4v) is 2.94. The van der Waals surface area contributed by atoms with Crippen LogP contribution in [0, 0.1) is 5.82 Å². The maximum atomic E-state index is 13.9. The molecular formula is C18H23FN4O2. The van der Waals surface area contributed by atoms with Gasteiger partial charge in [-0.15, -0.1) is 0 Å². The van der Waals surface area contributed by atoms with Crippen LogP contribution in [-0.2, 0) is 11.3 Å². The van der Waals surface area contributed by atoms with E-state index in [4.69, 9.17) is 4.74 Å². The van der Waals surface area contributed by atoms with E-state index in [1.807, 2.05) is 0 Å². The average molecular weight is 346 g/mol. The van der Waals surface area contributed by atoms with Gasteiger partial charge in [0.2, 0.25) is 0 Å². The zero-order valence-corrected chi connectivity index (χ0v) is 14.5. The van der Waals surface area contributed by atoms with Crippen LogP contribution in [0.5, 0.6) is 0 Å². The van der Waals surface area contributed by atoms with Crippen LogP contribution in [0.3, 0.4) is 0 Å². The summed E-state index contributed by atoms with van der Waals surface area (Å²) in [6.07, 6.45) is 5.68. The fraction of sp³-hybridized carbons (Fsp3) is 0.444. The summed E-state index contributed by atoms with van der Waals surface area (Å²) in [5, 5.41) is 7.05. The van der Waals surface area contributed by atoms with Gasteiger partial charge in [-0.2, -0.15) is 5.10 Å². The first-order chi connectivity index (χ1) is 12.0. The van der Waals surface area contributed by atoms with Crippen molar-refractivity contribution in [3.05, 3.63) is 48.0 Å². The molecule has 0 aliphatic carbocycles. The van der Waals surface area contributed by atoms with E-state index in [9.17, 15) is 9.18 Å². The Morgan fingerprint density at radius 1 is 1.52 bits per heavy atom. The third kappa shape index (κ3) is 4.17. The third-order valence-corrected chi connectivity index (χ3v) is 4.56. The number of carbonyl (C=O) groups is 1. The van der Waals surface area contributed by atoms with Crippen molar-refractivity contribution >= 4 is 11.7 Å². The van der Waals surface area contributed by atoms with Crippen LogP contribution in [0.25, 0.3) is 0 Å². The number of carbonyl (C=O) groups excluding carboxylic acids is 1. The number of ether oxygens (including phenoxy) is 1. The van der Waals surface area contributed by atoms with E-state index in [0.29, 0.717) is 17.8 Å².